The first-order chi connectivity index (χ1) is 29.7. The third-order valence-corrected chi connectivity index (χ3v) is 10.2. The second-order valence-corrected chi connectivity index (χ2v) is 17.1. The quantitative estimate of drug-likeness (QED) is 0.0481. The van der Waals surface area contributed by atoms with Gasteiger partial charge in [0.1, 0.15) is 18.0 Å². The van der Waals surface area contributed by atoms with Crippen molar-refractivity contribution in [2.24, 2.45) is 5.92 Å². The summed E-state index contributed by atoms with van der Waals surface area (Å²) in [5, 5.41) is 26.9. The largest absolute Gasteiger partial charge is 0.479 e. The number of unbranched alkanes of at least 4 members (excludes halogenated alkanes) is 1. The topological polar surface area (TPSA) is 238 Å². The fourth-order valence-corrected chi connectivity index (χ4v) is 6.09. The van der Waals surface area contributed by atoms with E-state index in [2.05, 4.69) is 22.9 Å². The number of hydrogen-bond donors (Lipinski definition) is 5. The van der Waals surface area contributed by atoms with E-state index >= 15 is 0 Å². The van der Waals surface area contributed by atoms with Crippen LogP contribution >= 0.6 is 0 Å². The van der Waals surface area contributed by atoms with Crippen LogP contribution in [-0.2, 0) is 59.1 Å². The standard InChI is InChI=1S/C23H44N2O5.C18H23NO8.C4H9NO/c1-8-10-11-19(26)24-16-23(29-9-2)17-25(18-23)20(27)12-13-22(5,6)30-15-14-21(3,4)28-7;1-10(2)18(24)25-8-11-3-4-14(13(5-11)19-9-20)26-16-7-12(21)6-15(27-16)17(22)23;1-2-3-5-4-6/h8-18H2,1-7H3,(H,24,26);3-5,9-10,12,15-16,21H,6-8H2,1-2H3,(H,19,20)(H,22,23);4H,2-3H2,1H3,(H,5,6). The van der Waals surface area contributed by atoms with Gasteiger partial charge in [-0.25, -0.2) is 4.79 Å². The molecule has 3 rings (SSSR count). The molecule has 0 saturated carbocycles. The van der Waals surface area contributed by atoms with Crippen LogP contribution in [0.15, 0.2) is 18.2 Å². The third kappa shape index (κ3) is 22.7. The zero-order valence-electron chi connectivity index (χ0n) is 39.3. The number of esters is 1. The monoisotopic (exact) mass is 897 g/mol. The van der Waals surface area contributed by atoms with Crippen LogP contribution in [0.3, 0.4) is 0 Å². The average Bonchev–Trinajstić information content (AvgIpc) is 3.22. The fraction of sp³-hybridized carbons (Fsp3) is 0.733. The number of carbonyl (C=O) groups is 6. The molecule has 63 heavy (non-hydrogen) atoms. The van der Waals surface area contributed by atoms with Gasteiger partial charge in [-0.05, 0) is 78.0 Å². The van der Waals surface area contributed by atoms with Crippen LogP contribution in [0.4, 0.5) is 5.69 Å². The minimum absolute atomic E-state index is 0.0191. The molecule has 0 aromatic heterocycles. The predicted molar refractivity (Wildman–Crippen MR) is 236 cm³/mol. The summed E-state index contributed by atoms with van der Waals surface area (Å²) in [6, 6.07) is 4.77. The number of benzene rings is 1. The molecule has 2 saturated heterocycles. The number of nitrogens with one attached hydrogen (secondary N) is 3. The van der Waals surface area contributed by atoms with Crippen LogP contribution in [-0.4, -0.2) is 133 Å². The van der Waals surface area contributed by atoms with Crippen LogP contribution in [0.2, 0.25) is 0 Å². The number of methoxy groups -OCH3 is 1. The molecular weight excluding hydrogens is 821 g/mol. The number of anilines is 1. The van der Waals surface area contributed by atoms with Crippen molar-refractivity contribution in [3.8, 4) is 5.75 Å². The molecule has 0 bridgehead atoms. The van der Waals surface area contributed by atoms with Crippen molar-refractivity contribution < 1.29 is 67.4 Å². The molecule has 0 spiro atoms. The van der Waals surface area contributed by atoms with Crippen molar-refractivity contribution in [3.63, 3.8) is 0 Å². The molecule has 0 aliphatic carbocycles. The summed E-state index contributed by atoms with van der Waals surface area (Å²) >= 11 is 0. The number of aliphatic hydroxyl groups excluding tert-OH is 1. The van der Waals surface area contributed by atoms with Crippen LogP contribution < -0.4 is 20.7 Å². The molecule has 1 aromatic carbocycles. The highest BCUT2D eigenvalue weighted by Gasteiger charge is 2.46. The first-order valence-electron chi connectivity index (χ1n) is 22.0. The summed E-state index contributed by atoms with van der Waals surface area (Å²) in [4.78, 5) is 69.4. The van der Waals surface area contributed by atoms with E-state index in [0.717, 1.165) is 32.2 Å². The summed E-state index contributed by atoms with van der Waals surface area (Å²) in [5.41, 5.74) is -0.0937. The number of nitrogens with zero attached hydrogens (tertiary/aromatic N) is 1. The third-order valence-electron chi connectivity index (χ3n) is 10.2. The number of aliphatic hydroxyl groups is 1. The molecule has 2 aliphatic rings. The normalized spacial score (nSPS) is 18.0. The number of aliphatic carboxylic acids is 1. The first kappa shape index (κ1) is 56.7. The molecule has 18 nitrogen and oxygen atoms in total. The molecule has 1 aromatic rings. The van der Waals surface area contributed by atoms with Gasteiger partial charge in [0.15, 0.2) is 6.10 Å². The highest BCUT2D eigenvalue weighted by atomic mass is 16.7. The molecule has 3 unspecified atom stereocenters. The maximum absolute atomic E-state index is 12.6. The maximum Gasteiger partial charge on any atom is 0.333 e. The van der Waals surface area contributed by atoms with Gasteiger partial charge in [-0.3, -0.25) is 24.0 Å². The van der Waals surface area contributed by atoms with Crippen LogP contribution in [0.1, 0.15) is 126 Å². The van der Waals surface area contributed by atoms with Gasteiger partial charge in [0.25, 0.3) is 0 Å². The Kier molecular flexibility index (Phi) is 26.2. The lowest BCUT2D eigenvalue weighted by atomic mass is 9.92. The SMILES string of the molecule is CC(C)C(=O)OCc1ccc(OC2CC(O)CC(C(=O)O)O2)c(NC=O)c1.CCCCC(=O)NCC1(OCC)CN(C(=O)CCC(C)(C)OCCC(C)(C)OC)C1.CCCNC=O. The van der Waals surface area contributed by atoms with Crippen LogP contribution in [0, 0.1) is 5.92 Å². The number of carboxylic acids is 1. The Balaban J connectivity index is 0.000000559. The van der Waals surface area contributed by atoms with Gasteiger partial charge in [-0.2, -0.15) is 0 Å². The highest BCUT2D eigenvalue weighted by molar-refractivity contribution is 5.78. The Bertz CT molecular complexity index is 1550. The lowest BCUT2D eigenvalue weighted by molar-refractivity contribution is -0.195. The minimum atomic E-state index is -1.18. The predicted octanol–water partition coefficient (Wildman–Crippen LogP) is 4.73. The van der Waals surface area contributed by atoms with Gasteiger partial charge in [-0.15, -0.1) is 0 Å². The van der Waals surface area contributed by atoms with Gasteiger partial charge in [0, 0.05) is 45.9 Å². The number of rotatable bonds is 26. The van der Waals surface area contributed by atoms with E-state index in [4.69, 9.17) is 33.5 Å². The Morgan fingerprint density at radius 1 is 0.984 bits per heavy atom. The summed E-state index contributed by atoms with van der Waals surface area (Å²) in [5.74, 6) is -1.38. The fourth-order valence-electron chi connectivity index (χ4n) is 6.09. The number of carboxylic acid groups (broad SMARTS) is 1. The molecule has 2 heterocycles. The van der Waals surface area contributed by atoms with Crippen molar-refractivity contribution in [2.75, 3.05) is 51.8 Å². The van der Waals surface area contributed by atoms with Crippen molar-refractivity contribution in [1.29, 1.82) is 0 Å². The summed E-state index contributed by atoms with van der Waals surface area (Å²) < 4.78 is 33.4. The van der Waals surface area contributed by atoms with E-state index in [0.29, 0.717) is 76.2 Å². The first-order valence-corrected chi connectivity index (χ1v) is 22.0. The lowest BCUT2D eigenvalue weighted by Crippen LogP contribution is -2.68. The van der Waals surface area contributed by atoms with E-state index < -0.39 is 30.1 Å². The molecule has 18 heteroatoms. The van der Waals surface area contributed by atoms with Crippen molar-refractivity contribution >= 4 is 42.3 Å². The highest BCUT2D eigenvalue weighted by Crippen LogP contribution is 2.31. The van der Waals surface area contributed by atoms with E-state index in [1.807, 2.05) is 46.4 Å². The van der Waals surface area contributed by atoms with E-state index in [1.54, 1.807) is 39.2 Å². The molecule has 0 radical (unpaired) electrons. The van der Waals surface area contributed by atoms with E-state index in [1.165, 1.54) is 0 Å². The number of ether oxygens (including phenoxy) is 6. The van der Waals surface area contributed by atoms with Gasteiger partial charge in [0.05, 0.1) is 55.2 Å². The summed E-state index contributed by atoms with van der Waals surface area (Å²) in [6.45, 7) is 21.1. The Morgan fingerprint density at radius 2 is 1.68 bits per heavy atom. The van der Waals surface area contributed by atoms with Crippen LogP contribution in [0.5, 0.6) is 5.75 Å². The average molecular weight is 897 g/mol. The zero-order chi connectivity index (χ0) is 47.6. The smallest absolute Gasteiger partial charge is 0.333 e. The summed E-state index contributed by atoms with van der Waals surface area (Å²) in [6.07, 6.45) is 3.56. The van der Waals surface area contributed by atoms with Crippen molar-refractivity contribution in [2.45, 2.75) is 162 Å². The molecule has 3 atom stereocenters. The second kappa shape index (κ2) is 29.2. The lowest BCUT2D eigenvalue weighted by Gasteiger charge is -2.49. The molecule has 4 amide bonds. The molecule has 2 fully saturated rings. The van der Waals surface area contributed by atoms with E-state index in [-0.39, 0.29) is 60.1 Å². The van der Waals surface area contributed by atoms with Gasteiger partial charge in [0.2, 0.25) is 30.9 Å². The molecule has 5 N–H and O–H groups in total. The minimum Gasteiger partial charge on any atom is -0.479 e. The van der Waals surface area contributed by atoms with E-state index in [9.17, 15) is 33.9 Å². The Labute approximate surface area is 373 Å². The number of carbonyl (C=O) groups excluding carboxylic acids is 5. The number of hydrogen-bond acceptors (Lipinski definition) is 13. The number of likely N-dealkylation sites (tertiary alicyclic amines) is 1. The maximum atomic E-state index is 12.6. The van der Waals surface area contributed by atoms with Crippen LogP contribution in [0.25, 0.3) is 0 Å². The molecular formula is C45H76N4O14. The Morgan fingerprint density at radius 3 is 2.24 bits per heavy atom. The second-order valence-electron chi connectivity index (χ2n) is 17.1. The van der Waals surface area contributed by atoms with Gasteiger partial charge < -0.3 is 59.5 Å². The van der Waals surface area contributed by atoms with Gasteiger partial charge in [-0.1, -0.05) is 40.2 Å². The van der Waals surface area contributed by atoms with Crippen molar-refractivity contribution in [1.82, 2.24) is 15.5 Å². The van der Waals surface area contributed by atoms with Crippen molar-refractivity contribution in [3.05, 3.63) is 23.8 Å². The Hall–Kier alpha value is -4.36. The number of amides is 4. The molecule has 2 aliphatic heterocycles. The van der Waals surface area contributed by atoms with Gasteiger partial charge >= 0.3 is 11.9 Å². The summed E-state index contributed by atoms with van der Waals surface area (Å²) in [7, 11) is 1.70. The zero-order valence-corrected chi connectivity index (χ0v) is 39.3. The molecule has 360 valence electrons.